The molecular weight excluding hydrogens is 468 g/mol. The number of nitrogens with one attached hydrogen (secondary N) is 4. The number of carbonyl (C=O) groups is 2. The van der Waals surface area contributed by atoms with Crippen molar-refractivity contribution in [2.45, 2.75) is 57.0 Å². The minimum absolute atomic E-state index is 0.0663. The lowest BCUT2D eigenvalue weighted by Gasteiger charge is -2.39. The fraction of sp³-hybridized carbons (Fsp3) is 0.517. The quantitative estimate of drug-likeness (QED) is 0.413. The highest BCUT2D eigenvalue weighted by atomic mass is 16.5. The van der Waals surface area contributed by atoms with Gasteiger partial charge in [0.15, 0.2) is 0 Å². The highest BCUT2D eigenvalue weighted by Gasteiger charge is 2.55. The smallest absolute Gasteiger partial charge is 0.239 e. The van der Waals surface area contributed by atoms with Crippen LogP contribution in [0, 0.1) is 5.41 Å². The molecular formula is C29H38N4O4. The number of carbonyl (C=O) groups excluding carboxylic acids is 2. The molecule has 37 heavy (non-hydrogen) atoms. The Balaban J connectivity index is 1.35. The molecule has 2 unspecified atom stereocenters. The van der Waals surface area contributed by atoms with Gasteiger partial charge in [-0.15, -0.1) is 0 Å². The van der Waals surface area contributed by atoms with Crippen LogP contribution in [0.15, 0.2) is 42.5 Å². The molecule has 2 heterocycles. The molecule has 0 aromatic heterocycles. The summed E-state index contributed by atoms with van der Waals surface area (Å²) in [6, 6.07) is 14.4. The van der Waals surface area contributed by atoms with E-state index in [1.54, 1.807) is 7.11 Å². The molecule has 8 nitrogen and oxygen atoms in total. The Morgan fingerprint density at radius 1 is 1.14 bits per heavy atom. The van der Waals surface area contributed by atoms with Gasteiger partial charge in [0.2, 0.25) is 11.8 Å². The first-order valence-electron chi connectivity index (χ1n) is 13.2. The van der Waals surface area contributed by atoms with Crippen molar-refractivity contribution >= 4 is 23.2 Å². The van der Waals surface area contributed by atoms with Gasteiger partial charge < -0.3 is 30.7 Å². The van der Waals surface area contributed by atoms with Crippen LogP contribution in [0.5, 0.6) is 5.75 Å². The molecule has 8 heteroatoms. The Morgan fingerprint density at radius 2 is 1.89 bits per heavy atom. The van der Waals surface area contributed by atoms with Crippen molar-refractivity contribution in [3.05, 3.63) is 53.6 Å². The minimum Gasteiger partial charge on any atom is -0.493 e. The monoisotopic (exact) mass is 506 g/mol. The third kappa shape index (κ3) is 4.75. The average molecular weight is 507 g/mol. The van der Waals surface area contributed by atoms with Crippen LogP contribution in [-0.2, 0) is 19.7 Å². The van der Waals surface area contributed by atoms with Crippen LogP contribution < -0.4 is 26.0 Å². The van der Waals surface area contributed by atoms with Crippen molar-refractivity contribution in [1.29, 1.82) is 0 Å². The summed E-state index contributed by atoms with van der Waals surface area (Å²) in [4.78, 5) is 25.1. The first kappa shape index (κ1) is 25.4. The third-order valence-corrected chi connectivity index (χ3v) is 8.25. The molecule has 1 saturated carbocycles. The summed E-state index contributed by atoms with van der Waals surface area (Å²) in [7, 11) is 1.58. The fourth-order valence-corrected chi connectivity index (χ4v) is 5.95. The highest BCUT2D eigenvalue weighted by Crippen LogP contribution is 2.62. The summed E-state index contributed by atoms with van der Waals surface area (Å²) < 4.78 is 11.6. The molecule has 2 aromatic carbocycles. The van der Waals surface area contributed by atoms with Crippen molar-refractivity contribution in [3.8, 4) is 5.75 Å². The second kappa shape index (κ2) is 9.56. The second-order valence-corrected chi connectivity index (χ2v) is 11.2. The molecule has 1 aliphatic carbocycles. The Bertz CT molecular complexity index is 1200. The van der Waals surface area contributed by atoms with E-state index in [0.29, 0.717) is 12.5 Å². The Morgan fingerprint density at radius 3 is 2.62 bits per heavy atom. The molecule has 3 aliphatic rings. The molecule has 2 amide bonds. The number of fused-ring (bicyclic) bond motifs is 2. The number of amides is 2. The largest absolute Gasteiger partial charge is 0.493 e. The summed E-state index contributed by atoms with van der Waals surface area (Å²) in [5.41, 5.74) is 3.03. The molecule has 1 spiro atoms. The van der Waals surface area contributed by atoms with E-state index in [9.17, 15) is 9.59 Å². The Hall–Kier alpha value is -3.26. The van der Waals surface area contributed by atoms with Gasteiger partial charge in [0.25, 0.3) is 0 Å². The normalized spacial score (nSPS) is 23.9. The number of hydrogen-bond acceptors (Lipinski definition) is 6. The molecule has 3 atom stereocenters. The fourth-order valence-electron chi connectivity index (χ4n) is 5.95. The van der Waals surface area contributed by atoms with Crippen LogP contribution in [0.3, 0.4) is 0 Å². The van der Waals surface area contributed by atoms with E-state index >= 15 is 0 Å². The third-order valence-electron chi connectivity index (χ3n) is 8.25. The molecule has 2 aromatic rings. The molecule has 1 fully saturated rings. The van der Waals surface area contributed by atoms with E-state index in [0.717, 1.165) is 35.7 Å². The number of ether oxygens (including phenoxy) is 2. The summed E-state index contributed by atoms with van der Waals surface area (Å²) in [5, 5.41) is 12.9. The first-order valence-corrected chi connectivity index (χ1v) is 13.2. The topological polar surface area (TPSA) is 101 Å². The molecule has 2 aliphatic heterocycles. The average Bonchev–Trinajstić information content (AvgIpc) is 3.58. The minimum atomic E-state index is -0.950. The first-order chi connectivity index (χ1) is 17.7. The van der Waals surface area contributed by atoms with E-state index in [1.165, 1.54) is 18.4 Å². The lowest BCUT2D eigenvalue weighted by molar-refractivity contribution is -0.130. The maximum atomic E-state index is 13.2. The predicted octanol–water partition coefficient (Wildman–Crippen LogP) is 3.74. The van der Waals surface area contributed by atoms with E-state index in [2.05, 4.69) is 46.4 Å². The van der Waals surface area contributed by atoms with E-state index in [1.807, 2.05) is 38.1 Å². The van der Waals surface area contributed by atoms with Crippen LogP contribution in [0.2, 0.25) is 0 Å². The van der Waals surface area contributed by atoms with Gasteiger partial charge in [-0.25, -0.2) is 0 Å². The van der Waals surface area contributed by atoms with Gasteiger partial charge in [-0.05, 0) is 69.4 Å². The van der Waals surface area contributed by atoms with Crippen molar-refractivity contribution in [2.75, 3.05) is 44.0 Å². The maximum Gasteiger partial charge on any atom is 0.239 e. The van der Waals surface area contributed by atoms with Gasteiger partial charge in [-0.3, -0.25) is 9.59 Å². The molecule has 5 rings (SSSR count). The predicted molar refractivity (Wildman–Crippen MR) is 144 cm³/mol. The van der Waals surface area contributed by atoms with Crippen LogP contribution in [-0.4, -0.2) is 50.9 Å². The molecule has 0 bridgehead atoms. The summed E-state index contributed by atoms with van der Waals surface area (Å²) >= 11 is 0. The van der Waals surface area contributed by atoms with Gasteiger partial charge in [0.1, 0.15) is 11.4 Å². The van der Waals surface area contributed by atoms with Crippen molar-refractivity contribution < 1.29 is 19.1 Å². The zero-order chi connectivity index (χ0) is 26.3. The standard InChI is InChI=1S/C29H38N4O4/c1-5-30-25(34)16-31-26(35)27(2,17-36-4)19-10-11-22-23(14-19)33-28(3,32-22)15-21-20-8-6-7-9-24(20)37-18-29(21)12-13-29/h6-11,14,21,32-33H,5,12-13,15-18H2,1-4H3,(H,30,34)(H,31,35)/t21-,27?,28?/m0/s1. The number of benzene rings is 2. The number of likely N-dealkylation sites (N-methyl/N-ethyl adjacent to an activating group) is 1. The number of methoxy groups -OCH3 is 1. The summed E-state index contributed by atoms with van der Waals surface area (Å²) in [5.74, 6) is 0.938. The maximum absolute atomic E-state index is 13.2. The molecule has 4 N–H and O–H groups in total. The van der Waals surface area contributed by atoms with Crippen LogP contribution in [0.1, 0.15) is 57.1 Å². The molecule has 0 saturated heterocycles. The zero-order valence-electron chi connectivity index (χ0n) is 22.2. The van der Waals surface area contributed by atoms with Crippen LogP contribution in [0.4, 0.5) is 11.4 Å². The van der Waals surface area contributed by atoms with Gasteiger partial charge in [-0.2, -0.15) is 0 Å². The second-order valence-electron chi connectivity index (χ2n) is 11.2. The number of rotatable bonds is 9. The number of hydrogen-bond donors (Lipinski definition) is 4. The SMILES string of the molecule is CCNC(=O)CNC(=O)C(C)(COC)c1ccc2c(c1)NC(C)(C[C@H]1c3ccccc3OCC13CC3)N2. The van der Waals surface area contributed by atoms with E-state index in [4.69, 9.17) is 9.47 Å². The van der Waals surface area contributed by atoms with Gasteiger partial charge in [-0.1, -0.05) is 24.3 Å². The molecule has 198 valence electrons. The van der Waals surface area contributed by atoms with Gasteiger partial charge >= 0.3 is 0 Å². The summed E-state index contributed by atoms with van der Waals surface area (Å²) in [6.45, 7) is 7.33. The van der Waals surface area contributed by atoms with Crippen LogP contribution >= 0.6 is 0 Å². The van der Waals surface area contributed by atoms with Gasteiger partial charge in [0, 0.05) is 25.0 Å². The van der Waals surface area contributed by atoms with E-state index in [-0.39, 0.29) is 36.0 Å². The molecule has 0 radical (unpaired) electrons. The Labute approximate surface area is 218 Å². The lowest BCUT2D eigenvalue weighted by atomic mass is 9.76. The number of anilines is 2. The lowest BCUT2D eigenvalue weighted by Crippen LogP contribution is -2.48. The zero-order valence-corrected chi connectivity index (χ0v) is 22.2. The van der Waals surface area contributed by atoms with Crippen molar-refractivity contribution in [1.82, 2.24) is 10.6 Å². The highest BCUT2D eigenvalue weighted by molar-refractivity contribution is 5.92. The summed E-state index contributed by atoms with van der Waals surface area (Å²) in [6.07, 6.45) is 3.31. The van der Waals surface area contributed by atoms with Crippen molar-refractivity contribution in [3.63, 3.8) is 0 Å². The van der Waals surface area contributed by atoms with Crippen LogP contribution in [0.25, 0.3) is 0 Å². The van der Waals surface area contributed by atoms with E-state index < -0.39 is 5.41 Å². The van der Waals surface area contributed by atoms with Gasteiger partial charge in [0.05, 0.1) is 36.5 Å². The Kier molecular flexibility index (Phi) is 6.56. The number of para-hydroxylation sites is 1. The van der Waals surface area contributed by atoms with Crippen molar-refractivity contribution in [2.24, 2.45) is 5.41 Å².